The molecule has 2 atom stereocenters. The monoisotopic (exact) mass is 394 g/mol. The average Bonchev–Trinajstić information content (AvgIpc) is 2.69. The largest absolute Gasteiger partial charge is 0.416 e. The van der Waals surface area contributed by atoms with Crippen molar-refractivity contribution >= 4 is 0 Å². The van der Waals surface area contributed by atoms with E-state index in [1.165, 1.54) is 23.3 Å². The third kappa shape index (κ3) is 5.80. The van der Waals surface area contributed by atoms with E-state index in [9.17, 15) is 18.3 Å². The molecule has 6 heteroatoms. The molecule has 28 heavy (non-hydrogen) atoms. The summed E-state index contributed by atoms with van der Waals surface area (Å²) in [5.74, 6) is 0. The molecule has 0 saturated heterocycles. The van der Waals surface area contributed by atoms with Gasteiger partial charge in [-0.3, -0.25) is 0 Å². The van der Waals surface area contributed by atoms with Crippen LogP contribution in [0.5, 0.6) is 0 Å². The highest BCUT2D eigenvalue weighted by Gasteiger charge is 2.29. The zero-order valence-corrected chi connectivity index (χ0v) is 15.8. The van der Waals surface area contributed by atoms with Gasteiger partial charge in [-0.1, -0.05) is 36.4 Å². The first-order valence-corrected chi connectivity index (χ1v) is 9.79. The fourth-order valence-corrected chi connectivity index (χ4v) is 3.62. The number of hydrogen-bond donors (Lipinski definition) is 2. The van der Waals surface area contributed by atoms with E-state index in [2.05, 4.69) is 12.1 Å². The summed E-state index contributed by atoms with van der Waals surface area (Å²) in [5.41, 5.74) is 2.79. The highest BCUT2D eigenvalue weighted by atomic mass is 19.4. The van der Waals surface area contributed by atoms with Gasteiger partial charge in [0.2, 0.25) is 0 Å². The van der Waals surface area contributed by atoms with E-state index in [0.717, 1.165) is 37.0 Å². The molecule has 2 aromatic carbocycles. The van der Waals surface area contributed by atoms with E-state index in [1.54, 1.807) is 0 Å². The van der Waals surface area contributed by atoms with Gasteiger partial charge in [-0.15, -0.1) is 0 Å². The molecule has 0 unspecified atom stereocenters. The second-order valence-electron chi connectivity index (χ2n) is 7.32. The normalized spacial score (nSPS) is 17.9. The molecule has 0 bridgehead atoms. The van der Waals surface area contributed by atoms with Crippen LogP contribution in [0.1, 0.15) is 41.2 Å². The predicted molar refractivity (Wildman–Crippen MR) is 101 cm³/mol. The van der Waals surface area contributed by atoms with Gasteiger partial charge in [0, 0.05) is 6.42 Å². The molecule has 1 aliphatic carbocycles. The summed E-state index contributed by atoms with van der Waals surface area (Å²) >= 11 is 0. The number of nitrogens with two attached hydrogens (primary N) is 1. The number of aryl methyl sites for hydroxylation is 1. The number of aliphatic hydroxyl groups excluding tert-OH is 1. The van der Waals surface area contributed by atoms with Crippen LogP contribution in [0.3, 0.4) is 0 Å². The first-order valence-electron chi connectivity index (χ1n) is 9.79. The van der Waals surface area contributed by atoms with Crippen molar-refractivity contribution in [1.82, 2.24) is 0 Å². The summed E-state index contributed by atoms with van der Waals surface area (Å²) in [6.45, 7) is 1.50. The molecule has 0 saturated carbocycles. The molecule has 0 spiro atoms. The maximum Gasteiger partial charge on any atom is 0.416 e. The summed E-state index contributed by atoms with van der Waals surface area (Å²) in [4.78, 5) is 0. The Morgan fingerprint density at radius 1 is 1.11 bits per heavy atom. The maximum atomic E-state index is 12.6. The van der Waals surface area contributed by atoms with Crippen LogP contribution in [-0.2, 0) is 23.8 Å². The smallest absolute Gasteiger partial charge is 0.385 e. The summed E-state index contributed by atoms with van der Waals surface area (Å²) < 4.78 is 43.6. The fourth-order valence-electron chi connectivity index (χ4n) is 3.62. The fraction of sp³-hybridized carbons (Fsp3) is 0.455. The van der Waals surface area contributed by atoms with Crippen LogP contribution in [0.25, 0.3) is 0 Å². The molecule has 1 aliphatic rings. The number of ether oxygens (including phenoxy) is 1. The molecule has 0 aromatic heterocycles. The van der Waals surface area contributed by atoms with Crippen molar-refractivity contribution in [2.24, 2.45) is 0 Å². The lowest BCUT2D eigenvalue weighted by Gasteiger charge is -2.26. The molecule has 0 fully saturated rings. The van der Waals surface area contributed by atoms with E-state index in [0.29, 0.717) is 19.5 Å². The summed E-state index contributed by atoms with van der Waals surface area (Å²) in [7, 11) is 0. The Kier molecular flexibility index (Phi) is 7.10. The Balaban J connectivity index is 1.36. The number of benzene rings is 2. The molecule has 3 nitrogen and oxygen atoms in total. The van der Waals surface area contributed by atoms with Crippen molar-refractivity contribution in [3.63, 3.8) is 0 Å². The van der Waals surface area contributed by atoms with Gasteiger partial charge in [-0.25, -0.2) is 0 Å². The number of alkyl halides is 3. The molecule has 0 radical (unpaired) electrons. The van der Waals surface area contributed by atoms with Gasteiger partial charge in [-0.05, 0) is 48.1 Å². The second kappa shape index (κ2) is 9.54. The molecule has 0 aliphatic heterocycles. The van der Waals surface area contributed by atoms with Crippen molar-refractivity contribution < 1.29 is 28.3 Å². The quantitative estimate of drug-likeness (QED) is 0.675. The lowest BCUT2D eigenvalue weighted by atomic mass is 9.89. The van der Waals surface area contributed by atoms with Crippen molar-refractivity contribution in [3.05, 3.63) is 70.8 Å². The third-order valence-corrected chi connectivity index (χ3v) is 5.16. The minimum absolute atomic E-state index is 0.0479. The van der Waals surface area contributed by atoms with E-state index >= 15 is 0 Å². The van der Waals surface area contributed by atoms with Crippen molar-refractivity contribution in [1.29, 1.82) is 0 Å². The number of fused-ring (bicyclic) bond motifs is 1. The van der Waals surface area contributed by atoms with Crippen LogP contribution in [0.2, 0.25) is 0 Å². The van der Waals surface area contributed by atoms with Crippen LogP contribution >= 0.6 is 0 Å². The third-order valence-electron chi connectivity index (χ3n) is 5.16. The molecule has 0 amide bonds. The SMILES string of the molecule is O[C@@H](C[NH2+]CCc1ccc(C(F)(F)F)cc1)CO[C@@H]1CCCc2ccccc21. The van der Waals surface area contributed by atoms with Crippen LogP contribution in [0, 0.1) is 0 Å². The molecule has 152 valence electrons. The van der Waals surface area contributed by atoms with Crippen molar-refractivity contribution in [2.75, 3.05) is 19.7 Å². The Morgan fingerprint density at radius 2 is 1.86 bits per heavy atom. The number of rotatable bonds is 8. The Labute approximate surface area is 163 Å². The van der Waals surface area contributed by atoms with Crippen LogP contribution in [0.4, 0.5) is 13.2 Å². The molecular weight excluding hydrogens is 367 g/mol. The summed E-state index contributed by atoms with van der Waals surface area (Å²) in [6.07, 6.45) is -1.02. The molecular formula is C22H27F3NO2+. The second-order valence-corrected chi connectivity index (χ2v) is 7.32. The Hall–Kier alpha value is -1.89. The van der Waals surface area contributed by atoms with Gasteiger partial charge in [0.25, 0.3) is 0 Å². The lowest BCUT2D eigenvalue weighted by molar-refractivity contribution is -0.660. The van der Waals surface area contributed by atoms with Gasteiger partial charge >= 0.3 is 6.18 Å². The lowest BCUT2D eigenvalue weighted by Crippen LogP contribution is -2.87. The van der Waals surface area contributed by atoms with Gasteiger partial charge in [0.15, 0.2) is 0 Å². The Morgan fingerprint density at radius 3 is 2.61 bits per heavy atom. The van der Waals surface area contributed by atoms with E-state index in [1.807, 2.05) is 17.4 Å². The summed E-state index contributed by atoms with van der Waals surface area (Å²) in [5, 5.41) is 12.1. The minimum Gasteiger partial charge on any atom is -0.385 e. The number of halogens is 3. The van der Waals surface area contributed by atoms with Crippen molar-refractivity contribution in [3.8, 4) is 0 Å². The van der Waals surface area contributed by atoms with Crippen LogP contribution < -0.4 is 5.32 Å². The summed E-state index contributed by atoms with van der Waals surface area (Å²) in [6, 6.07) is 13.5. The van der Waals surface area contributed by atoms with Gasteiger partial charge in [0.1, 0.15) is 12.6 Å². The maximum absolute atomic E-state index is 12.6. The van der Waals surface area contributed by atoms with Crippen LogP contribution in [-0.4, -0.2) is 30.9 Å². The minimum atomic E-state index is -4.30. The molecule has 3 N–H and O–H groups in total. The standard InChI is InChI=1S/C22H26F3NO2/c23-22(24,25)18-10-8-16(9-11-18)12-13-26-14-19(27)15-28-21-7-3-5-17-4-1-2-6-20(17)21/h1-2,4,6,8-11,19,21,26-27H,3,5,7,12-15H2/p+1/t19-,21+/m0/s1. The zero-order chi connectivity index (χ0) is 20.0. The average molecular weight is 394 g/mol. The predicted octanol–water partition coefficient (Wildman–Crippen LogP) is 3.27. The first-order chi connectivity index (χ1) is 13.4. The van der Waals surface area contributed by atoms with Gasteiger partial charge < -0.3 is 15.2 Å². The van der Waals surface area contributed by atoms with Crippen molar-refractivity contribution in [2.45, 2.75) is 44.1 Å². The first kappa shape index (κ1) is 20.8. The van der Waals surface area contributed by atoms with Gasteiger partial charge in [-0.2, -0.15) is 13.2 Å². The zero-order valence-electron chi connectivity index (χ0n) is 15.8. The Bertz CT molecular complexity index is 746. The molecule has 2 aromatic rings. The van der Waals surface area contributed by atoms with E-state index < -0.39 is 17.8 Å². The molecule has 0 heterocycles. The van der Waals surface area contributed by atoms with Crippen LogP contribution in [0.15, 0.2) is 48.5 Å². The number of aliphatic hydroxyl groups is 1. The molecule has 3 rings (SSSR count). The van der Waals surface area contributed by atoms with E-state index in [-0.39, 0.29) is 12.7 Å². The number of quaternary nitrogens is 1. The topological polar surface area (TPSA) is 46.1 Å². The van der Waals surface area contributed by atoms with E-state index in [4.69, 9.17) is 4.74 Å². The van der Waals surface area contributed by atoms with Gasteiger partial charge in [0.05, 0.1) is 24.8 Å². The highest BCUT2D eigenvalue weighted by molar-refractivity contribution is 5.31. The highest BCUT2D eigenvalue weighted by Crippen LogP contribution is 2.32. The number of hydrogen-bond acceptors (Lipinski definition) is 2.